The monoisotopic (exact) mass is 319 g/mol. The number of benzene rings is 2. The Balaban J connectivity index is 2.30. The first kappa shape index (κ1) is 14.8. The van der Waals surface area contributed by atoms with Gasteiger partial charge < -0.3 is 0 Å². The van der Waals surface area contributed by atoms with E-state index in [2.05, 4.69) is 6.07 Å². The van der Waals surface area contributed by atoms with Gasteiger partial charge in [0.05, 0.1) is 22.5 Å². The maximum absolute atomic E-state index is 14.4. The fourth-order valence-electron chi connectivity index (χ4n) is 2.33. The summed E-state index contributed by atoms with van der Waals surface area (Å²) in [6, 6.07) is 19.1. The average Bonchev–Trinajstić information content (AvgIpc) is 3.10. The van der Waals surface area contributed by atoms with Gasteiger partial charge in [-0.25, -0.2) is 4.39 Å². The number of nitriles is 2. The van der Waals surface area contributed by atoms with Gasteiger partial charge in [0.15, 0.2) is 0 Å². The van der Waals surface area contributed by atoms with Crippen LogP contribution in [0.3, 0.4) is 0 Å². The summed E-state index contributed by atoms with van der Waals surface area (Å²) in [6.45, 7) is 0. The zero-order valence-corrected chi connectivity index (χ0v) is 12.7. The second-order valence-corrected chi connectivity index (χ2v) is 5.59. The highest BCUT2D eigenvalue weighted by atomic mass is 32.1. The van der Waals surface area contributed by atoms with Gasteiger partial charge in [0, 0.05) is 0 Å². The molecule has 0 spiro atoms. The lowest BCUT2D eigenvalue weighted by Gasteiger charge is -2.25. The van der Waals surface area contributed by atoms with Crippen molar-refractivity contribution in [2.45, 2.75) is 0 Å². The number of para-hydroxylation sites is 1. The highest BCUT2D eigenvalue weighted by Crippen LogP contribution is 2.40. The molecule has 0 atom stereocenters. The maximum atomic E-state index is 14.4. The van der Waals surface area contributed by atoms with E-state index < -0.39 is 5.82 Å². The van der Waals surface area contributed by atoms with E-state index >= 15 is 0 Å². The van der Waals surface area contributed by atoms with Crippen molar-refractivity contribution in [3.05, 3.63) is 76.9 Å². The van der Waals surface area contributed by atoms with Gasteiger partial charge in [0.25, 0.3) is 0 Å². The quantitative estimate of drug-likeness (QED) is 0.675. The maximum Gasteiger partial charge on any atom is 0.147 e. The predicted octanol–water partition coefficient (Wildman–Crippen LogP) is 5.10. The van der Waals surface area contributed by atoms with Gasteiger partial charge in [-0.15, -0.1) is 11.3 Å². The minimum atomic E-state index is -0.396. The molecule has 3 nitrogen and oxygen atoms in total. The van der Waals surface area contributed by atoms with Gasteiger partial charge in [0.2, 0.25) is 0 Å². The smallest absolute Gasteiger partial charge is 0.147 e. The van der Waals surface area contributed by atoms with Gasteiger partial charge in [-0.3, -0.25) is 4.90 Å². The lowest BCUT2D eigenvalue weighted by atomic mass is 10.1. The molecule has 3 aromatic rings. The summed E-state index contributed by atoms with van der Waals surface area (Å²) in [6.07, 6.45) is 0. The SMILES string of the molecule is N#Cc1cccc(N(c2cccs2)c2ccccc2F)c1C#N. The first-order valence-corrected chi connectivity index (χ1v) is 7.65. The van der Waals surface area contributed by atoms with Crippen molar-refractivity contribution < 1.29 is 4.39 Å². The molecule has 0 fully saturated rings. The molecule has 0 aliphatic heterocycles. The van der Waals surface area contributed by atoms with Crippen molar-refractivity contribution in [2.24, 2.45) is 0 Å². The van der Waals surface area contributed by atoms with E-state index in [9.17, 15) is 14.9 Å². The average molecular weight is 319 g/mol. The molecular weight excluding hydrogens is 309 g/mol. The van der Waals surface area contributed by atoms with Gasteiger partial charge in [0.1, 0.15) is 23.0 Å². The van der Waals surface area contributed by atoms with Crippen LogP contribution >= 0.6 is 11.3 Å². The molecule has 1 aromatic heterocycles. The van der Waals surface area contributed by atoms with Gasteiger partial charge in [-0.2, -0.15) is 10.5 Å². The van der Waals surface area contributed by atoms with Gasteiger partial charge in [-0.1, -0.05) is 18.2 Å². The third kappa shape index (κ3) is 2.66. The van der Waals surface area contributed by atoms with Crippen LogP contribution in [0.2, 0.25) is 0 Å². The fourth-order valence-corrected chi connectivity index (χ4v) is 3.09. The molecule has 0 amide bonds. The van der Waals surface area contributed by atoms with E-state index in [1.165, 1.54) is 17.4 Å². The third-order valence-corrected chi connectivity index (χ3v) is 4.19. The molecule has 110 valence electrons. The summed E-state index contributed by atoms with van der Waals surface area (Å²) in [4.78, 5) is 1.67. The van der Waals surface area contributed by atoms with Crippen LogP contribution in [0.25, 0.3) is 0 Å². The zero-order valence-electron chi connectivity index (χ0n) is 11.9. The number of anilines is 3. The molecule has 0 unspecified atom stereocenters. The molecule has 0 saturated carbocycles. The highest BCUT2D eigenvalue weighted by Gasteiger charge is 2.21. The standard InChI is InChI=1S/C18H10FN3S/c19-15-6-1-2-7-17(15)22(18-9-4-10-23-18)16-8-3-5-13(11-20)14(16)12-21/h1-10H. The van der Waals surface area contributed by atoms with Crippen LogP contribution in [0, 0.1) is 28.5 Å². The Bertz CT molecular complexity index is 920. The van der Waals surface area contributed by atoms with E-state index in [0.29, 0.717) is 11.4 Å². The van der Waals surface area contributed by atoms with Crippen LogP contribution in [-0.4, -0.2) is 0 Å². The summed E-state index contributed by atoms with van der Waals surface area (Å²) < 4.78 is 14.4. The number of rotatable bonds is 3. The predicted molar refractivity (Wildman–Crippen MR) is 88.4 cm³/mol. The minimum Gasteiger partial charge on any atom is -0.298 e. The number of thiophene rings is 1. The molecule has 0 aliphatic rings. The summed E-state index contributed by atoms with van der Waals surface area (Å²) in [5.74, 6) is -0.396. The zero-order chi connectivity index (χ0) is 16.2. The Kier molecular flexibility index (Phi) is 4.05. The fraction of sp³-hybridized carbons (Fsp3) is 0. The normalized spacial score (nSPS) is 9.87. The van der Waals surface area contributed by atoms with Gasteiger partial charge in [-0.05, 0) is 41.8 Å². The molecule has 5 heteroatoms. The van der Waals surface area contributed by atoms with Crippen LogP contribution in [0.4, 0.5) is 20.8 Å². The topological polar surface area (TPSA) is 50.8 Å². The molecule has 3 rings (SSSR count). The second kappa shape index (κ2) is 6.31. The Hall–Kier alpha value is -3.15. The largest absolute Gasteiger partial charge is 0.298 e. The summed E-state index contributed by atoms with van der Waals surface area (Å²) in [5.41, 5.74) is 1.31. The number of hydrogen-bond donors (Lipinski definition) is 0. The molecule has 0 saturated heterocycles. The molecule has 0 N–H and O–H groups in total. The Morgan fingerprint density at radius 3 is 2.30 bits per heavy atom. The molecular formula is C18H10FN3S. The van der Waals surface area contributed by atoms with Crippen molar-refractivity contribution in [3.8, 4) is 12.1 Å². The minimum absolute atomic E-state index is 0.228. The lowest BCUT2D eigenvalue weighted by Crippen LogP contribution is -2.12. The first-order valence-electron chi connectivity index (χ1n) is 6.77. The van der Waals surface area contributed by atoms with Crippen LogP contribution in [0.15, 0.2) is 60.0 Å². The molecule has 0 radical (unpaired) electrons. The second-order valence-electron chi connectivity index (χ2n) is 4.66. The lowest BCUT2D eigenvalue weighted by molar-refractivity contribution is 0.629. The van der Waals surface area contributed by atoms with Crippen molar-refractivity contribution in [1.29, 1.82) is 10.5 Å². The van der Waals surface area contributed by atoms with Crippen LogP contribution in [-0.2, 0) is 0 Å². The number of hydrogen-bond acceptors (Lipinski definition) is 4. The van der Waals surface area contributed by atoms with E-state index in [1.807, 2.05) is 23.6 Å². The number of nitrogens with zero attached hydrogens (tertiary/aromatic N) is 3. The van der Waals surface area contributed by atoms with Crippen molar-refractivity contribution in [2.75, 3.05) is 4.90 Å². The molecule has 0 aliphatic carbocycles. The Labute approximate surface area is 137 Å². The Morgan fingerprint density at radius 2 is 1.65 bits per heavy atom. The van der Waals surface area contributed by atoms with Crippen LogP contribution in [0.5, 0.6) is 0 Å². The van der Waals surface area contributed by atoms with Crippen LogP contribution < -0.4 is 4.90 Å². The number of halogens is 1. The highest BCUT2D eigenvalue weighted by molar-refractivity contribution is 7.14. The molecule has 0 bridgehead atoms. The molecule has 2 aromatic carbocycles. The van der Waals surface area contributed by atoms with E-state index in [0.717, 1.165) is 5.00 Å². The summed E-state index contributed by atoms with van der Waals surface area (Å²) in [5, 5.41) is 21.3. The summed E-state index contributed by atoms with van der Waals surface area (Å²) in [7, 11) is 0. The van der Waals surface area contributed by atoms with E-state index in [-0.39, 0.29) is 11.1 Å². The first-order chi connectivity index (χ1) is 11.3. The van der Waals surface area contributed by atoms with Crippen molar-refractivity contribution in [3.63, 3.8) is 0 Å². The molecule has 1 heterocycles. The molecule has 23 heavy (non-hydrogen) atoms. The summed E-state index contributed by atoms with van der Waals surface area (Å²) >= 11 is 1.43. The van der Waals surface area contributed by atoms with Crippen LogP contribution in [0.1, 0.15) is 11.1 Å². The van der Waals surface area contributed by atoms with Crippen molar-refractivity contribution >= 4 is 27.7 Å². The van der Waals surface area contributed by atoms with Gasteiger partial charge >= 0.3 is 0 Å². The van der Waals surface area contributed by atoms with E-state index in [1.54, 1.807) is 41.3 Å². The Morgan fingerprint density at radius 1 is 0.870 bits per heavy atom. The van der Waals surface area contributed by atoms with E-state index in [4.69, 9.17) is 0 Å². The third-order valence-electron chi connectivity index (χ3n) is 3.34. The van der Waals surface area contributed by atoms with Crippen molar-refractivity contribution in [1.82, 2.24) is 0 Å².